The summed E-state index contributed by atoms with van der Waals surface area (Å²) in [6, 6.07) is 2.11. The van der Waals surface area contributed by atoms with Crippen LogP contribution in [0.5, 0.6) is 0 Å². The number of hydrogen-bond acceptors (Lipinski definition) is 3. The first-order valence-electron chi connectivity index (χ1n) is 3.97. The zero-order valence-corrected chi connectivity index (χ0v) is 7.20. The third-order valence-corrected chi connectivity index (χ3v) is 2.09. The summed E-state index contributed by atoms with van der Waals surface area (Å²) in [7, 11) is 0. The highest BCUT2D eigenvalue weighted by atomic mass is 14.9. The maximum Gasteiger partial charge on any atom is 0.177 e. The van der Waals surface area contributed by atoms with Crippen LogP contribution >= 0.6 is 0 Å². The molecule has 0 saturated heterocycles. The molecule has 0 atom stereocenters. The maximum atomic E-state index is 8.56. The van der Waals surface area contributed by atoms with Gasteiger partial charge in [0.15, 0.2) is 5.65 Å². The number of hydrogen-bond donors (Lipinski definition) is 1. The number of aromatic nitrogens is 3. The Balaban J connectivity index is 2.67. The van der Waals surface area contributed by atoms with E-state index in [-0.39, 0.29) is 0 Å². The number of nitrogens with one attached hydrogen (secondary N) is 1. The molecule has 2 aromatic rings. The molecule has 0 aliphatic carbocycles. The van der Waals surface area contributed by atoms with Gasteiger partial charge in [-0.2, -0.15) is 5.26 Å². The highest BCUT2D eigenvalue weighted by Crippen LogP contribution is 2.15. The van der Waals surface area contributed by atoms with Gasteiger partial charge >= 0.3 is 0 Å². The summed E-state index contributed by atoms with van der Waals surface area (Å²) in [5.74, 6) is 0. The Bertz CT molecular complexity index is 478. The molecule has 4 heteroatoms. The number of rotatable bonds is 1. The summed E-state index contributed by atoms with van der Waals surface area (Å²) in [5, 5.41) is 8.56. The van der Waals surface area contributed by atoms with Crippen molar-refractivity contribution in [2.75, 3.05) is 0 Å². The molecule has 13 heavy (non-hydrogen) atoms. The van der Waals surface area contributed by atoms with Crippen LogP contribution in [0.1, 0.15) is 11.1 Å². The molecular formula is C9H8N4. The molecule has 0 unspecified atom stereocenters. The van der Waals surface area contributed by atoms with Crippen molar-refractivity contribution in [1.82, 2.24) is 15.0 Å². The smallest absolute Gasteiger partial charge is 0.177 e. The lowest BCUT2D eigenvalue weighted by Crippen LogP contribution is -1.91. The average Bonchev–Trinajstić information content (AvgIpc) is 2.58. The number of aromatic amines is 1. The molecule has 0 radical (unpaired) electrons. The molecule has 0 aromatic carbocycles. The Morgan fingerprint density at radius 3 is 3.15 bits per heavy atom. The van der Waals surface area contributed by atoms with Crippen molar-refractivity contribution in [2.24, 2.45) is 0 Å². The molecule has 2 heterocycles. The summed E-state index contributed by atoms with van der Waals surface area (Å²) in [6.07, 6.45) is 3.72. The Morgan fingerprint density at radius 1 is 1.54 bits per heavy atom. The number of nitrogens with zero attached hydrogens (tertiary/aromatic N) is 3. The van der Waals surface area contributed by atoms with Crippen LogP contribution in [0.4, 0.5) is 0 Å². The molecule has 1 N–H and O–H groups in total. The van der Waals surface area contributed by atoms with Crippen LogP contribution in [0.2, 0.25) is 0 Å². The van der Waals surface area contributed by atoms with Crippen molar-refractivity contribution in [2.45, 2.75) is 13.3 Å². The van der Waals surface area contributed by atoms with Crippen LogP contribution in [-0.2, 0) is 6.42 Å². The summed E-state index contributed by atoms with van der Waals surface area (Å²) >= 11 is 0. The topological polar surface area (TPSA) is 65.4 Å². The number of aryl methyl sites for hydroxylation is 1. The molecule has 0 aliphatic heterocycles. The first kappa shape index (κ1) is 7.74. The van der Waals surface area contributed by atoms with Crippen LogP contribution in [-0.4, -0.2) is 15.0 Å². The van der Waals surface area contributed by atoms with E-state index in [2.05, 4.69) is 21.0 Å². The third kappa shape index (κ3) is 1.14. The Labute approximate surface area is 75.2 Å². The van der Waals surface area contributed by atoms with E-state index in [1.54, 1.807) is 12.5 Å². The molecule has 0 fully saturated rings. The largest absolute Gasteiger partial charge is 0.343 e. The van der Waals surface area contributed by atoms with Gasteiger partial charge in [0.1, 0.15) is 0 Å². The number of nitriles is 1. The Kier molecular flexibility index (Phi) is 1.71. The number of pyridine rings is 1. The van der Waals surface area contributed by atoms with E-state index < -0.39 is 0 Å². The van der Waals surface area contributed by atoms with Gasteiger partial charge in [-0.25, -0.2) is 9.97 Å². The standard InChI is InChI=1S/C9H8N4/c1-6-7(2-3-10)4-11-9-8(6)12-5-13-9/h4-5H,2H2,1H3,(H,11,12,13). The number of imidazole rings is 1. The van der Waals surface area contributed by atoms with E-state index in [1.807, 2.05) is 6.92 Å². The molecular weight excluding hydrogens is 164 g/mol. The minimum absolute atomic E-state index is 0.397. The molecule has 0 spiro atoms. The van der Waals surface area contributed by atoms with Crippen LogP contribution in [0.15, 0.2) is 12.5 Å². The van der Waals surface area contributed by atoms with E-state index in [0.29, 0.717) is 12.1 Å². The first-order chi connectivity index (χ1) is 6.33. The predicted molar refractivity (Wildman–Crippen MR) is 47.9 cm³/mol. The minimum Gasteiger partial charge on any atom is -0.343 e. The SMILES string of the molecule is Cc1c(CC#N)cnc2nc[nH]c12. The van der Waals surface area contributed by atoms with Crippen molar-refractivity contribution in [1.29, 1.82) is 5.26 Å². The van der Waals surface area contributed by atoms with Gasteiger partial charge in [-0.15, -0.1) is 0 Å². The lowest BCUT2D eigenvalue weighted by Gasteiger charge is -2.00. The van der Waals surface area contributed by atoms with E-state index in [1.165, 1.54) is 0 Å². The fraction of sp³-hybridized carbons (Fsp3) is 0.222. The van der Waals surface area contributed by atoms with Crippen LogP contribution < -0.4 is 0 Å². The Morgan fingerprint density at radius 2 is 2.38 bits per heavy atom. The van der Waals surface area contributed by atoms with Crippen molar-refractivity contribution >= 4 is 11.2 Å². The minimum atomic E-state index is 0.397. The van der Waals surface area contributed by atoms with Crippen molar-refractivity contribution in [3.8, 4) is 6.07 Å². The zero-order valence-electron chi connectivity index (χ0n) is 7.20. The van der Waals surface area contributed by atoms with E-state index in [0.717, 1.165) is 16.6 Å². The van der Waals surface area contributed by atoms with Crippen LogP contribution in [0, 0.1) is 18.3 Å². The van der Waals surface area contributed by atoms with E-state index in [4.69, 9.17) is 5.26 Å². The third-order valence-electron chi connectivity index (χ3n) is 2.09. The normalized spacial score (nSPS) is 10.2. The zero-order chi connectivity index (χ0) is 9.26. The van der Waals surface area contributed by atoms with Gasteiger partial charge in [0.2, 0.25) is 0 Å². The van der Waals surface area contributed by atoms with Gasteiger partial charge in [-0.3, -0.25) is 0 Å². The van der Waals surface area contributed by atoms with Gasteiger partial charge in [-0.05, 0) is 18.1 Å². The summed E-state index contributed by atoms with van der Waals surface area (Å²) in [6.45, 7) is 1.97. The second-order valence-corrected chi connectivity index (χ2v) is 2.84. The molecule has 4 nitrogen and oxygen atoms in total. The first-order valence-corrected chi connectivity index (χ1v) is 3.97. The monoisotopic (exact) mass is 172 g/mol. The molecule has 2 rings (SSSR count). The summed E-state index contributed by atoms with van der Waals surface area (Å²) < 4.78 is 0. The van der Waals surface area contributed by atoms with Gasteiger partial charge in [-0.1, -0.05) is 0 Å². The second kappa shape index (κ2) is 2.87. The lowest BCUT2D eigenvalue weighted by molar-refractivity contribution is 1.17. The Hall–Kier alpha value is -1.89. The second-order valence-electron chi connectivity index (χ2n) is 2.84. The lowest BCUT2D eigenvalue weighted by atomic mass is 10.1. The molecule has 0 aliphatic rings. The van der Waals surface area contributed by atoms with Crippen molar-refractivity contribution in [3.05, 3.63) is 23.7 Å². The number of fused-ring (bicyclic) bond motifs is 1. The van der Waals surface area contributed by atoms with E-state index in [9.17, 15) is 0 Å². The van der Waals surface area contributed by atoms with Gasteiger partial charge in [0, 0.05) is 6.20 Å². The molecule has 2 aromatic heterocycles. The van der Waals surface area contributed by atoms with Crippen molar-refractivity contribution in [3.63, 3.8) is 0 Å². The van der Waals surface area contributed by atoms with Gasteiger partial charge in [0.05, 0.1) is 24.3 Å². The van der Waals surface area contributed by atoms with Gasteiger partial charge in [0.25, 0.3) is 0 Å². The summed E-state index contributed by atoms with van der Waals surface area (Å²) in [4.78, 5) is 11.2. The highest BCUT2D eigenvalue weighted by molar-refractivity contribution is 5.75. The highest BCUT2D eigenvalue weighted by Gasteiger charge is 2.05. The van der Waals surface area contributed by atoms with E-state index >= 15 is 0 Å². The molecule has 0 amide bonds. The fourth-order valence-corrected chi connectivity index (χ4v) is 1.32. The summed E-state index contributed by atoms with van der Waals surface area (Å²) in [5.41, 5.74) is 3.65. The molecule has 64 valence electrons. The predicted octanol–water partition coefficient (Wildman–Crippen LogP) is 1.33. The van der Waals surface area contributed by atoms with Crippen LogP contribution in [0.25, 0.3) is 11.2 Å². The van der Waals surface area contributed by atoms with Gasteiger partial charge < -0.3 is 4.98 Å². The fourth-order valence-electron chi connectivity index (χ4n) is 1.32. The number of H-pyrrole nitrogens is 1. The maximum absolute atomic E-state index is 8.56. The van der Waals surface area contributed by atoms with Crippen LogP contribution in [0.3, 0.4) is 0 Å². The molecule has 0 saturated carbocycles. The quantitative estimate of drug-likeness (QED) is 0.705. The van der Waals surface area contributed by atoms with Crippen molar-refractivity contribution < 1.29 is 0 Å². The average molecular weight is 172 g/mol. The molecule has 0 bridgehead atoms.